The number of aromatic nitrogens is 1. The summed E-state index contributed by atoms with van der Waals surface area (Å²) in [6.45, 7) is 15.8. The summed E-state index contributed by atoms with van der Waals surface area (Å²) in [5, 5.41) is 6.47. The number of nitrogens with one attached hydrogen (secondary N) is 2. The van der Waals surface area contributed by atoms with Crippen LogP contribution in [-0.2, 0) is 9.59 Å². The third kappa shape index (κ3) is 7.06. The van der Waals surface area contributed by atoms with Crippen LogP contribution in [0.15, 0.2) is 30.5 Å². The topological polar surface area (TPSA) is 77.6 Å². The summed E-state index contributed by atoms with van der Waals surface area (Å²) in [6, 6.07) is 4.41. The lowest BCUT2D eigenvalue weighted by molar-refractivity contribution is -0.136. The Bertz CT molecular complexity index is 985. The summed E-state index contributed by atoms with van der Waals surface area (Å²) >= 11 is 0. The predicted octanol–water partition coefficient (Wildman–Crippen LogP) is 4.28. The molecular formula is C29H43N5O2. The first-order valence-corrected chi connectivity index (χ1v) is 13.6. The van der Waals surface area contributed by atoms with Crippen molar-refractivity contribution < 1.29 is 9.59 Å². The molecule has 4 heterocycles. The van der Waals surface area contributed by atoms with Crippen LogP contribution < -0.4 is 10.6 Å². The first-order chi connectivity index (χ1) is 17.5. The second-order valence-corrected chi connectivity index (χ2v) is 9.57. The molecule has 1 aromatic rings. The van der Waals surface area contributed by atoms with Crippen molar-refractivity contribution in [3.8, 4) is 0 Å². The van der Waals surface area contributed by atoms with Gasteiger partial charge in [0.05, 0.1) is 23.6 Å². The number of likely N-dealkylation sites (tertiary alicyclic amines) is 2. The molecule has 36 heavy (non-hydrogen) atoms. The van der Waals surface area contributed by atoms with Crippen molar-refractivity contribution in [3.05, 3.63) is 47.4 Å². The fourth-order valence-electron chi connectivity index (χ4n) is 4.86. The van der Waals surface area contributed by atoms with E-state index in [4.69, 9.17) is 4.98 Å². The van der Waals surface area contributed by atoms with E-state index in [2.05, 4.69) is 35.1 Å². The van der Waals surface area contributed by atoms with Crippen molar-refractivity contribution in [1.82, 2.24) is 25.4 Å². The molecule has 0 spiro atoms. The van der Waals surface area contributed by atoms with E-state index in [9.17, 15) is 9.59 Å². The predicted molar refractivity (Wildman–Crippen MR) is 148 cm³/mol. The molecule has 1 unspecified atom stereocenters. The van der Waals surface area contributed by atoms with Crippen LogP contribution in [0.4, 0.5) is 0 Å². The van der Waals surface area contributed by atoms with E-state index in [1.54, 1.807) is 6.08 Å². The minimum Gasteiger partial charge on any atom is -0.377 e. The fraction of sp³-hybridized carbons (Fsp3) is 0.552. The highest BCUT2D eigenvalue weighted by molar-refractivity contribution is 5.83. The number of pyridine rings is 1. The lowest BCUT2D eigenvalue weighted by Gasteiger charge is -2.32. The standard InChI is InChI=1S/C27H37N5O2.C2H6/c1-4-20-8-9-23(25-17-22(5-2)29-25)30-24(20)16-19(3)28-27(34)21-10-14-32(15-11-21)26(33)18-31-12-6-7-13-31;1-2/h4,8-9,16-17,21-22,29H,1,5-7,10-15,18H2,2-3H3,(H,28,34);1-2H3/b19-16+;. The van der Waals surface area contributed by atoms with Gasteiger partial charge in [0.15, 0.2) is 0 Å². The Hall–Kier alpha value is -2.93. The van der Waals surface area contributed by atoms with E-state index < -0.39 is 0 Å². The number of carbonyl (C=O) groups excluding carboxylic acids is 2. The number of rotatable bonds is 8. The van der Waals surface area contributed by atoms with Gasteiger partial charge in [0.2, 0.25) is 11.8 Å². The van der Waals surface area contributed by atoms with Crippen LogP contribution in [0.25, 0.3) is 17.8 Å². The summed E-state index contributed by atoms with van der Waals surface area (Å²) in [6.07, 6.45) is 10.7. The molecule has 0 bridgehead atoms. The van der Waals surface area contributed by atoms with Gasteiger partial charge in [-0.3, -0.25) is 14.5 Å². The third-order valence-corrected chi connectivity index (χ3v) is 7.05. The van der Waals surface area contributed by atoms with Crippen molar-refractivity contribution in [2.45, 2.75) is 65.8 Å². The van der Waals surface area contributed by atoms with E-state index in [1.165, 1.54) is 12.8 Å². The SMILES string of the molecule is C=Cc1ccc(C2=CC(CC)N2)nc1/C=C(\C)NC(=O)C1CCN(C(=O)CN2CCCC2)CC1.CC. The Morgan fingerprint density at radius 1 is 1.17 bits per heavy atom. The molecule has 7 nitrogen and oxygen atoms in total. The monoisotopic (exact) mass is 493 g/mol. The highest BCUT2D eigenvalue weighted by Gasteiger charge is 2.28. The molecule has 1 atom stereocenters. The average Bonchev–Trinajstić information content (AvgIpc) is 3.38. The van der Waals surface area contributed by atoms with Gasteiger partial charge < -0.3 is 15.5 Å². The van der Waals surface area contributed by atoms with Crippen LogP contribution in [0, 0.1) is 5.92 Å². The van der Waals surface area contributed by atoms with Gasteiger partial charge in [-0.15, -0.1) is 0 Å². The Kier molecular flexibility index (Phi) is 10.3. The number of amides is 2. The van der Waals surface area contributed by atoms with E-state index in [-0.39, 0.29) is 17.7 Å². The maximum atomic E-state index is 12.9. The zero-order valence-corrected chi connectivity index (χ0v) is 22.5. The Morgan fingerprint density at radius 2 is 1.83 bits per heavy atom. The maximum Gasteiger partial charge on any atom is 0.236 e. The second kappa shape index (κ2) is 13.4. The van der Waals surface area contributed by atoms with E-state index in [0.29, 0.717) is 38.5 Å². The smallest absolute Gasteiger partial charge is 0.236 e. The van der Waals surface area contributed by atoms with Crippen molar-refractivity contribution in [2.24, 2.45) is 5.92 Å². The van der Waals surface area contributed by atoms with Gasteiger partial charge in [0.25, 0.3) is 0 Å². The zero-order chi connectivity index (χ0) is 26.1. The molecule has 1 aromatic heterocycles. The van der Waals surface area contributed by atoms with Crippen molar-refractivity contribution >= 4 is 29.7 Å². The molecule has 2 amide bonds. The molecule has 0 aliphatic carbocycles. The maximum absolute atomic E-state index is 12.9. The normalized spacial score (nSPS) is 20.4. The van der Waals surface area contributed by atoms with Gasteiger partial charge >= 0.3 is 0 Å². The summed E-state index contributed by atoms with van der Waals surface area (Å²) in [5.41, 5.74) is 4.41. The Morgan fingerprint density at radius 3 is 2.44 bits per heavy atom. The highest BCUT2D eigenvalue weighted by Crippen LogP contribution is 2.23. The van der Waals surface area contributed by atoms with Crippen molar-refractivity contribution in [1.29, 1.82) is 0 Å². The summed E-state index contributed by atoms with van der Waals surface area (Å²) in [7, 11) is 0. The van der Waals surface area contributed by atoms with Crippen LogP contribution in [0.5, 0.6) is 0 Å². The summed E-state index contributed by atoms with van der Waals surface area (Å²) in [5.74, 6) is 0.139. The van der Waals surface area contributed by atoms with Gasteiger partial charge in [-0.1, -0.05) is 39.5 Å². The van der Waals surface area contributed by atoms with Gasteiger partial charge in [0.1, 0.15) is 0 Å². The van der Waals surface area contributed by atoms with Crippen LogP contribution in [-0.4, -0.2) is 65.4 Å². The molecule has 0 radical (unpaired) electrons. The molecule has 7 heteroatoms. The largest absolute Gasteiger partial charge is 0.377 e. The van der Waals surface area contributed by atoms with E-state index >= 15 is 0 Å². The summed E-state index contributed by atoms with van der Waals surface area (Å²) < 4.78 is 0. The third-order valence-electron chi connectivity index (χ3n) is 7.05. The first kappa shape index (κ1) is 27.7. The van der Waals surface area contributed by atoms with Gasteiger partial charge in [-0.2, -0.15) is 0 Å². The van der Waals surface area contributed by atoms with Crippen LogP contribution in [0.2, 0.25) is 0 Å². The number of nitrogens with zero attached hydrogens (tertiary/aromatic N) is 3. The van der Waals surface area contributed by atoms with Crippen LogP contribution >= 0.6 is 0 Å². The molecule has 0 saturated carbocycles. The number of hydrogen-bond acceptors (Lipinski definition) is 5. The lowest BCUT2D eigenvalue weighted by Crippen LogP contribution is -2.46. The van der Waals surface area contributed by atoms with Gasteiger partial charge in [-0.05, 0) is 75.9 Å². The van der Waals surface area contributed by atoms with Crippen LogP contribution in [0.1, 0.15) is 76.8 Å². The number of piperidine rings is 1. The van der Waals surface area contributed by atoms with E-state index in [1.807, 2.05) is 43.9 Å². The average molecular weight is 494 g/mol. The van der Waals surface area contributed by atoms with Gasteiger partial charge in [-0.25, -0.2) is 4.98 Å². The Balaban J connectivity index is 0.00000176. The highest BCUT2D eigenvalue weighted by atomic mass is 16.2. The molecule has 3 aliphatic heterocycles. The Labute approximate surface area is 216 Å². The minimum atomic E-state index is -0.0762. The first-order valence-electron chi connectivity index (χ1n) is 13.6. The minimum absolute atomic E-state index is 0.0193. The van der Waals surface area contributed by atoms with Crippen molar-refractivity contribution in [2.75, 3.05) is 32.7 Å². The lowest BCUT2D eigenvalue weighted by atomic mass is 9.95. The molecule has 2 fully saturated rings. The van der Waals surface area contributed by atoms with Gasteiger partial charge in [0, 0.05) is 30.7 Å². The molecule has 4 rings (SSSR count). The number of hydrogen-bond donors (Lipinski definition) is 2. The quantitative estimate of drug-likeness (QED) is 0.565. The molecule has 196 valence electrons. The molecule has 2 saturated heterocycles. The van der Waals surface area contributed by atoms with E-state index in [0.717, 1.165) is 47.9 Å². The zero-order valence-electron chi connectivity index (χ0n) is 22.5. The molecule has 2 N–H and O–H groups in total. The van der Waals surface area contributed by atoms with Crippen molar-refractivity contribution in [3.63, 3.8) is 0 Å². The molecule has 0 aromatic carbocycles. The fourth-order valence-corrected chi connectivity index (χ4v) is 4.86. The second-order valence-electron chi connectivity index (χ2n) is 9.57. The number of allylic oxidation sites excluding steroid dienone is 1. The molecular weight excluding hydrogens is 450 g/mol. The summed E-state index contributed by atoms with van der Waals surface area (Å²) in [4.78, 5) is 34.4. The number of carbonyl (C=O) groups is 2. The van der Waals surface area contributed by atoms with Crippen LogP contribution in [0.3, 0.4) is 0 Å². The molecule has 3 aliphatic rings.